The second-order valence-corrected chi connectivity index (χ2v) is 5.63. The minimum Gasteiger partial charge on any atom is -0.352 e. The zero-order chi connectivity index (χ0) is 16.8. The predicted molar refractivity (Wildman–Crippen MR) is 87.7 cm³/mol. The Bertz CT molecular complexity index is 725. The molecule has 2 aromatic carbocycles. The van der Waals surface area contributed by atoms with Crippen LogP contribution in [0.15, 0.2) is 42.5 Å². The summed E-state index contributed by atoms with van der Waals surface area (Å²) in [6.45, 7) is 4.20. The number of rotatable bonds is 6. The number of Topliss-reactive ketones (excluding diaryl/α,β-unsaturated/α-hetero) is 1. The van der Waals surface area contributed by atoms with Crippen LogP contribution >= 0.6 is 0 Å². The first-order valence-electron chi connectivity index (χ1n) is 7.57. The van der Waals surface area contributed by atoms with Gasteiger partial charge < -0.3 is 5.32 Å². The van der Waals surface area contributed by atoms with Crippen molar-refractivity contribution < 1.29 is 14.0 Å². The van der Waals surface area contributed by atoms with Crippen LogP contribution in [0.5, 0.6) is 0 Å². The number of nitrogens with one attached hydrogen (secondary N) is 1. The van der Waals surface area contributed by atoms with Crippen LogP contribution in [0, 0.1) is 19.7 Å². The molecule has 4 heteroatoms. The van der Waals surface area contributed by atoms with Gasteiger partial charge in [0.2, 0.25) is 5.91 Å². The highest BCUT2D eigenvalue weighted by Gasteiger charge is 2.10. The van der Waals surface area contributed by atoms with E-state index in [-0.39, 0.29) is 36.9 Å². The highest BCUT2D eigenvalue weighted by molar-refractivity contribution is 5.98. The molecule has 0 spiro atoms. The van der Waals surface area contributed by atoms with Crippen molar-refractivity contribution in [2.45, 2.75) is 33.2 Å². The standard InChI is InChI=1S/C19H20FNO2/c1-13-6-7-16(10-14(13)2)18(22)8-9-19(23)21-12-15-4-3-5-17(20)11-15/h3-7,10-11H,8-9,12H2,1-2H3,(H,21,23). The zero-order valence-electron chi connectivity index (χ0n) is 13.4. The molecule has 2 rings (SSSR count). The van der Waals surface area contributed by atoms with E-state index in [2.05, 4.69) is 5.32 Å². The first kappa shape index (κ1) is 16.9. The minimum absolute atomic E-state index is 0.0472. The number of carbonyl (C=O) groups excluding carboxylic acids is 2. The van der Waals surface area contributed by atoms with E-state index in [4.69, 9.17) is 0 Å². The average Bonchev–Trinajstić information content (AvgIpc) is 2.53. The Balaban J connectivity index is 1.81. The van der Waals surface area contributed by atoms with Crippen LogP contribution in [0.2, 0.25) is 0 Å². The first-order chi connectivity index (χ1) is 11.0. The van der Waals surface area contributed by atoms with Crippen molar-refractivity contribution >= 4 is 11.7 Å². The molecular weight excluding hydrogens is 293 g/mol. The largest absolute Gasteiger partial charge is 0.352 e. The molecule has 0 unspecified atom stereocenters. The van der Waals surface area contributed by atoms with Gasteiger partial charge in [0.25, 0.3) is 0 Å². The number of ketones is 1. The summed E-state index contributed by atoms with van der Waals surface area (Å²) >= 11 is 0. The van der Waals surface area contributed by atoms with E-state index in [1.807, 2.05) is 26.0 Å². The molecule has 23 heavy (non-hydrogen) atoms. The molecule has 0 saturated carbocycles. The Morgan fingerprint density at radius 2 is 1.78 bits per heavy atom. The molecule has 0 radical (unpaired) electrons. The van der Waals surface area contributed by atoms with Gasteiger partial charge in [-0.1, -0.05) is 24.3 Å². The summed E-state index contributed by atoms with van der Waals surface area (Å²) in [6.07, 6.45) is 0.290. The average molecular weight is 313 g/mol. The van der Waals surface area contributed by atoms with Gasteiger partial charge in [0.1, 0.15) is 5.82 Å². The maximum absolute atomic E-state index is 13.0. The quantitative estimate of drug-likeness (QED) is 0.826. The molecule has 0 fully saturated rings. The SMILES string of the molecule is Cc1ccc(C(=O)CCC(=O)NCc2cccc(F)c2)cc1C. The van der Waals surface area contributed by atoms with Gasteiger partial charge in [0, 0.05) is 24.9 Å². The maximum Gasteiger partial charge on any atom is 0.220 e. The van der Waals surface area contributed by atoms with E-state index >= 15 is 0 Å². The summed E-state index contributed by atoms with van der Waals surface area (Å²) in [5.41, 5.74) is 3.52. The predicted octanol–water partition coefficient (Wildman–Crippen LogP) is 3.72. The van der Waals surface area contributed by atoms with Gasteiger partial charge in [-0.15, -0.1) is 0 Å². The third-order valence-electron chi connectivity index (χ3n) is 3.79. The fourth-order valence-corrected chi connectivity index (χ4v) is 2.22. The van der Waals surface area contributed by atoms with E-state index in [1.165, 1.54) is 12.1 Å². The minimum atomic E-state index is -0.332. The monoisotopic (exact) mass is 313 g/mol. The van der Waals surface area contributed by atoms with Crippen LogP contribution in [-0.4, -0.2) is 11.7 Å². The fraction of sp³-hybridized carbons (Fsp3) is 0.263. The van der Waals surface area contributed by atoms with Crippen LogP contribution in [0.25, 0.3) is 0 Å². The topological polar surface area (TPSA) is 46.2 Å². The van der Waals surface area contributed by atoms with Crippen molar-refractivity contribution in [3.8, 4) is 0 Å². The van der Waals surface area contributed by atoms with E-state index in [1.54, 1.807) is 18.2 Å². The normalized spacial score (nSPS) is 10.4. The second kappa shape index (κ2) is 7.68. The Hall–Kier alpha value is -2.49. The first-order valence-corrected chi connectivity index (χ1v) is 7.57. The van der Waals surface area contributed by atoms with Crippen molar-refractivity contribution in [1.29, 1.82) is 0 Å². The van der Waals surface area contributed by atoms with Crippen molar-refractivity contribution in [2.75, 3.05) is 0 Å². The number of carbonyl (C=O) groups is 2. The number of halogens is 1. The Kier molecular flexibility index (Phi) is 5.63. The highest BCUT2D eigenvalue weighted by atomic mass is 19.1. The molecule has 2 aromatic rings. The van der Waals surface area contributed by atoms with E-state index in [0.717, 1.165) is 11.1 Å². The van der Waals surface area contributed by atoms with Crippen LogP contribution in [0.4, 0.5) is 4.39 Å². The molecule has 0 saturated heterocycles. The van der Waals surface area contributed by atoms with E-state index in [9.17, 15) is 14.0 Å². The number of benzene rings is 2. The Labute approximate surface area is 135 Å². The van der Waals surface area contributed by atoms with E-state index < -0.39 is 0 Å². The van der Waals surface area contributed by atoms with E-state index in [0.29, 0.717) is 11.1 Å². The molecule has 0 aliphatic rings. The summed E-state index contributed by atoms with van der Waals surface area (Å²) < 4.78 is 13.0. The zero-order valence-corrected chi connectivity index (χ0v) is 13.4. The van der Waals surface area contributed by atoms with Gasteiger partial charge in [-0.3, -0.25) is 9.59 Å². The smallest absolute Gasteiger partial charge is 0.220 e. The van der Waals surface area contributed by atoms with Crippen LogP contribution in [0.1, 0.15) is 39.9 Å². The van der Waals surface area contributed by atoms with Crippen LogP contribution in [0.3, 0.4) is 0 Å². The van der Waals surface area contributed by atoms with Gasteiger partial charge in [-0.25, -0.2) is 4.39 Å². The third-order valence-corrected chi connectivity index (χ3v) is 3.79. The van der Waals surface area contributed by atoms with Gasteiger partial charge in [0.15, 0.2) is 5.78 Å². The molecule has 0 aromatic heterocycles. The van der Waals surface area contributed by atoms with Crippen molar-refractivity contribution in [3.05, 3.63) is 70.5 Å². The summed E-state index contributed by atoms with van der Waals surface area (Å²) in [6, 6.07) is 11.6. The summed E-state index contributed by atoms with van der Waals surface area (Å²) in [4.78, 5) is 23.9. The Morgan fingerprint density at radius 1 is 1.00 bits per heavy atom. The van der Waals surface area contributed by atoms with Crippen LogP contribution < -0.4 is 5.32 Å². The number of hydrogen-bond acceptors (Lipinski definition) is 2. The van der Waals surface area contributed by atoms with Gasteiger partial charge in [0.05, 0.1) is 0 Å². The van der Waals surface area contributed by atoms with Gasteiger partial charge in [-0.2, -0.15) is 0 Å². The molecular formula is C19H20FNO2. The number of amides is 1. The highest BCUT2D eigenvalue weighted by Crippen LogP contribution is 2.12. The molecule has 0 aliphatic carbocycles. The third kappa shape index (κ3) is 5.02. The lowest BCUT2D eigenvalue weighted by Crippen LogP contribution is -2.23. The maximum atomic E-state index is 13.0. The van der Waals surface area contributed by atoms with Crippen molar-refractivity contribution in [3.63, 3.8) is 0 Å². The lowest BCUT2D eigenvalue weighted by molar-refractivity contribution is -0.121. The lowest BCUT2D eigenvalue weighted by atomic mass is 10.0. The summed E-state index contributed by atoms with van der Waals surface area (Å²) in [5, 5.41) is 2.70. The van der Waals surface area contributed by atoms with Crippen molar-refractivity contribution in [1.82, 2.24) is 5.32 Å². The molecule has 3 nitrogen and oxygen atoms in total. The lowest BCUT2D eigenvalue weighted by Gasteiger charge is -2.06. The summed E-state index contributed by atoms with van der Waals surface area (Å²) in [7, 11) is 0. The number of aryl methyl sites for hydroxylation is 2. The molecule has 1 N–H and O–H groups in total. The molecule has 0 aliphatic heterocycles. The molecule has 1 amide bonds. The fourth-order valence-electron chi connectivity index (χ4n) is 2.22. The van der Waals surface area contributed by atoms with Gasteiger partial charge >= 0.3 is 0 Å². The van der Waals surface area contributed by atoms with Crippen molar-refractivity contribution in [2.24, 2.45) is 0 Å². The number of hydrogen-bond donors (Lipinski definition) is 1. The molecule has 0 heterocycles. The molecule has 0 atom stereocenters. The Morgan fingerprint density at radius 3 is 2.48 bits per heavy atom. The molecule has 120 valence electrons. The van der Waals surface area contributed by atoms with Crippen LogP contribution in [-0.2, 0) is 11.3 Å². The van der Waals surface area contributed by atoms with Gasteiger partial charge in [-0.05, 0) is 48.7 Å². The molecule has 0 bridgehead atoms. The second-order valence-electron chi connectivity index (χ2n) is 5.63. The summed E-state index contributed by atoms with van der Waals surface area (Å²) in [5.74, 6) is -0.595.